The summed E-state index contributed by atoms with van der Waals surface area (Å²) >= 11 is 0. The quantitative estimate of drug-likeness (QED) is 0.634. The van der Waals surface area contributed by atoms with E-state index in [0.29, 0.717) is 5.69 Å². The van der Waals surface area contributed by atoms with Crippen LogP contribution in [0.3, 0.4) is 0 Å². The van der Waals surface area contributed by atoms with Gasteiger partial charge < -0.3 is 20.5 Å². The van der Waals surface area contributed by atoms with Crippen molar-refractivity contribution in [3.05, 3.63) is 24.3 Å². The predicted octanol–water partition coefficient (Wildman–Crippen LogP) is 0.768. The fourth-order valence-corrected chi connectivity index (χ4v) is 1.13. The molecule has 0 heterocycles. The molecule has 17 heavy (non-hydrogen) atoms. The molecular formula is C11H14N2O4. The molecule has 6 heteroatoms. The standard InChI is InChI=1S/C11H14N2O4/c1-17-11(16)7-13-9-4-2-8(3-5-9)12-6-10(14)15/h2-5,12-13H,6-7H2,1H3,(H,14,15). The molecule has 0 aliphatic heterocycles. The van der Waals surface area contributed by atoms with Gasteiger partial charge >= 0.3 is 11.9 Å². The molecule has 0 bridgehead atoms. The summed E-state index contributed by atoms with van der Waals surface area (Å²) < 4.78 is 4.48. The Balaban J connectivity index is 2.44. The van der Waals surface area contributed by atoms with Gasteiger partial charge in [0.1, 0.15) is 13.1 Å². The first kappa shape index (κ1) is 12.8. The summed E-state index contributed by atoms with van der Waals surface area (Å²) in [6.45, 7) is -0.0344. The fourth-order valence-electron chi connectivity index (χ4n) is 1.13. The largest absolute Gasteiger partial charge is 0.480 e. The normalized spacial score (nSPS) is 9.47. The Morgan fingerprint density at radius 2 is 1.59 bits per heavy atom. The lowest BCUT2D eigenvalue weighted by Gasteiger charge is -2.07. The van der Waals surface area contributed by atoms with Crippen LogP contribution in [0.4, 0.5) is 11.4 Å². The van der Waals surface area contributed by atoms with Gasteiger partial charge in [0.2, 0.25) is 0 Å². The molecular weight excluding hydrogens is 224 g/mol. The number of carboxylic acids is 1. The van der Waals surface area contributed by atoms with Crippen molar-refractivity contribution in [3.63, 3.8) is 0 Å². The van der Waals surface area contributed by atoms with Gasteiger partial charge in [-0.2, -0.15) is 0 Å². The number of carboxylic acid groups (broad SMARTS) is 1. The van der Waals surface area contributed by atoms with Crippen molar-refractivity contribution in [1.82, 2.24) is 0 Å². The number of benzene rings is 1. The summed E-state index contributed by atoms with van der Waals surface area (Å²) in [4.78, 5) is 21.2. The third-order valence-corrected chi connectivity index (χ3v) is 1.99. The molecule has 1 aromatic carbocycles. The highest BCUT2D eigenvalue weighted by molar-refractivity contribution is 5.75. The maximum absolute atomic E-state index is 10.9. The Morgan fingerprint density at radius 3 is 2.00 bits per heavy atom. The van der Waals surface area contributed by atoms with Crippen LogP contribution in [-0.2, 0) is 14.3 Å². The zero-order valence-electron chi connectivity index (χ0n) is 9.40. The summed E-state index contributed by atoms with van der Waals surface area (Å²) in [5.41, 5.74) is 1.47. The van der Waals surface area contributed by atoms with E-state index in [1.165, 1.54) is 7.11 Å². The molecule has 1 aromatic rings. The molecule has 0 aromatic heterocycles. The monoisotopic (exact) mass is 238 g/mol. The molecule has 0 fully saturated rings. The molecule has 3 N–H and O–H groups in total. The number of hydrogen-bond donors (Lipinski definition) is 3. The van der Waals surface area contributed by atoms with Crippen LogP contribution in [0.2, 0.25) is 0 Å². The van der Waals surface area contributed by atoms with Crippen molar-refractivity contribution >= 4 is 23.3 Å². The van der Waals surface area contributed by atoms with Gasteiger partial charge in [-0.1, -0.05) is 0 Å². The topological polar surface area (TPSA) is 87.7 Å². The SMILES string of the molecule is COC(=O)CNc1ccc(NCC(=O)O)cc1. The summed E-state index contributed by atoms with van der Waals surface area (Å²) in [6, 6.07) is 6.94. The first-order valence-electron chi connectivity index (χ1n) is 4.98. The fraction of sp³-hybridized carbons (Fsp3) is 0.273. The van der Waals surface area contributed by atoms with E-state index in [-0.39, 0.29) is 19.1 Å². The Bertz CT molecular complexity index is 389. The van der Waals surface area contributed by atoms with Crippen molar-refractivity contribution in [3.8, 4) is 0 Å². The third-order valence-electron chi connectivity index (χ3n) is 1.99. The molecule has 6 nitrogen and oxygen atoms in total. The number of carbonyl (C=O) groups excluding carboxylic acids is 1. The lowest BCUT2D eigenvalue weighted by atomic mass is 10.3. The highest BCUT2D eigenvalue weighted by Crippen LogP contribution is 2.12. The Hall–Kier alpha value is -2.24. The predicted molar refractivity (Wildman–Crippen MR) is 63.1 cm³/mol. The molecule has 0 aliphatic rings. The minimum atomic E-state index is -0.919. The van der Waals surface area contributed by atoms with Gasteiger partial charge in [0.15, 0.2) is 0 Å². The molecule has 0 unspecified atom stereocenters. The van der Waals surface area contributed by atoms with E-state index in [0.717, 1.165) is 5.69 Å². The second kappa shape index (κ2) is 6.37. The van der Waals surface area contributed by atoms with Gasteiger partial charge in [-0.3, -0.25) is 9.59 Å². The molecule has 0 saturated carbocycles. The van der Waals surface area contributed by atoms with Crippen molar-refractivity contribution in [2.24, 2.45) is 0 Å². The average Bonchev–Trinajstić information content (AvgIpc) is 2.34. The minimum absolute atomic E-state index is 0.0956. The Labute approximate surface area is 98.6 Å². The summed E-state index contributed by atoms with van der Waals surface area (Å²) in [5, 5.41) is 14.1. The van der Waals surface area contributed by atoms with Crippen LogP contribution in [-0.4, -0.2) is 37.2 Å². The van der Waals surface area contributed by atoms with Gasteiger partial charge in [-0.05, 0) is 24.3 Å². The van der Waals surface area contributed by atoms with E-state index >= 15 is 0 Å². The first-order chi connectivity index (χ1) is 8.11. The lowest BCUT2D eigenvalue weighted by Crippen LogP contribution is -2.15. The number of anilines is 2. The number of nitrogens with one attached hydrogen (secondary N) is 2. The van der Waals surface area contributed by atoms with Gasteiger partial charge in [-0.15, -0.1) is 0 Å². The molecule has 0 radical (unpaired) electrons. The van der Waals surface area contributed by atoms with Crippen molar-refractivity contribution in [2.75, 3.05) is 30.8 Å². The van der Waals surface area contributed by atoms with E-state index in [2.05, 4.69) is 15.4 Å². The number of rotatable bonds is 6. The number of esters is 1. The second-order valence-electron chi connectivity index (χ2n) is 3.25. The molecule has 0 amide bonds. The number of ether oxygens (including phenoxy) is 1. The highest BCUT2D eigenvalue weighted by Gasteiger charge is 2.00. The smallest absolute Gasteiger partial charge is 0.325 e. The number of methoxy groups -OCH3 is 1. The third kappa shape index (κ3) is 4.87. The van der Waals surface area contributed by atoms with Gasteiger partial charge in [-0.25, -0.2) is 0 Å². The second-order valence-corrected chi connectivity index (χ2v) is 3.25. The molecule has 0 atom stereocenters. The number of carbonyl (C=O) groups is 2. The van der Waals surface area contributed by atoms with Crippen LogP contribution < -0.4 is 10.6 Å². The zero-order valence-corrected chi connectivity index (χ0v) is 9.40. The maximum Gasteiger partial charge on any atom is 0.325 e. The summed E-state index contributed by atoms with van der Waals surface area (Å²) in [7, 11) is 1.32. The van der Waals surface area contributed by atoms with Crippen LogP contribution in [0, 0.1) is 0 Å². The molecule has 0 saturated heterocycles. The van der Waals surface area contributed by atoms with Gasteiger partial charge in [0, 0.05) is 11.4 Å². The van der Waals surface area contributed by atoms with Crippen molar-refractivity contribution in [1.29, 1.82) is 0 Å². The zero-order chi connectivity index (χ0) is 12.7. The number of hydrogen-bond acceptors (Lipinski definition) is 5. The Morgan fingerprint density at radius 1 is 1.12 bits per heavy atom. The summed E-state index contributed by atoms with van der Waals surface area (Å²) in [6.07, 6.45) is 0. The van der Waals surface area contributed by atoms with E-state index < -0.39 is 5.97 Å². The molecule has 0 spiro atoms. The van der Waals surface area contributed by atoms with E-state index in [1.54, 1.807) is 24.3 Å². The van der Waals surface area contributed by atoms with E-state index in [1.807, 2.05) is 0 Å². The minimum Gasteiger partial charge on any atom is -0.480 e. The highest BCUT2D eigenvalue weighted by atomic mass is 16.5. The lowest BCUT2D eigenvalue weighted by molar-refractivity contribution is -0.138. The summed E-state index contributed by atoms with van der Waals surface area (Å²) in [5.74, 6) is -1.27. The molecule has 92 valence electrons. The van der Waals surface area contributed by atoms with Gasteiger partial charge in [0.25, 0.3) is 0 Å². The average molecular weight is 238 g/mol. The van der Waals surface area contributed by atoms with Crippen molar-refractivity contribution in [2.45, 2.75) is 0 Å². The van der Waals surface area contributed by atoms with Crippen LogP contribution in [0.5, 0.6) is 0 Å². The Kier molecular flexibility index (Phi) is 4.80. The molecule has 1 rings (SSSR count). The first-order valence-corrected chi connectivity index (χ1v) is 4.98. The van der Waals surface area contributed by atoms with Crippen LogP contribution in [0.25, 0.3) is 0 Å². The van der Waals surface area contributed by atoms with E-state index in [9.17, 15) is 9.59 Å². The van der Waals surface area contributed by atoms with E-state index in [4.69, 9.17) is 5.11 Å². The van der Waals surface area contributed by atoms with Crippen LogP contribution in [0.1, 0.15) is 0 Å². The van der Waals surface area contributed by atoms with Crippen molar-refractivity contribution < 1.29 is 19.4 Å². The number of aliphatic carboxylic acids is 1. The van der Waals surface area contributed by atoms with Gasteiger partial charge in [0.05, 0.1) is 7.11 Å². The maximum atomic E-state index is 10.9. The van der Waals surface area contributed by atoms with Crippen LogP contribution in [0.15, 0.2) is 24.3 Å². The van der Waals surface area contributed by atoms with Crippen LogP contribution >= 0.6 is 0 Å². The molecule has 0 aliphatic carbocycles.